The van der Waals surface area contributed by atoms with Crippen molar-refractivity contribution in [2.45, 2.75) is 33.0 Å². The molecular formula is C12H18ClNO2. The predicted molar refractivity (Wildman–Crippen MR) is 66.0 cm³/mol. The molecule has 0 fully saturated rings. The average Bonchev–Trinajstić information content (AvgIpc) is 2.23. The second-order valence-corrected chi connectivity index (χ2v) is 4.35. The zero-order valence-corrected chi connectivity index (χ0v) is 10.6. The molecule has 3 nitrogen and oxygen atoms in total. The van der Waals surface area contributed by atoms with Crippen LogP contribution in [0.4, 0.5) is 0 Å². The summed E-state index contributed by atoms with van der Waals surface area (Å²) < 4.78 is 5.64. The van der Waals surface area contributed by atoms with Crippen molar-refractivity contribution in [2.75, 3.05) is 6.61 Å². The highest BCUT2D eigenvalue weighted by atomic mass is 35.5. The molecule has 0 aliphatic carbocycles. The SMILES string of the molecule is Cc1ccc(Cl)c(OC(C)NC(C)CO)c1. The zero-order valence-electron chi connectivity index (χ0n) is 9.83. The van der Waals surface area contributed by atoms with E-state index >= 15 is 0 Å². The summed E-state index contributed by atoms with van der Waals surface area (Å²) in [6.07, 6.45) is -0.193. The zero-order chi connectivity index (χ0) is 12.1. The van der Waals surface area contributed by atoms with E-state index in [4.69, 9.17) is 21.4 Å². The van der Waals surface area contributed by atoms with Gasteiger partial charge in [-0.3, -0.25) is 5.32 Å². The van der Waals surface area contributed by atoms with Gasteiger partial charge in [0.1, 0.15) is 12.0 Å². The second kappa shape index (κ2) is 6.09. The van der Waals surface area contributed by atoms with Crippen molar-refractivity contribution in [3.8, 4) is 5.75 Å². The largest absolute Gasteiger partial charge is 0.474 e. The summed E-state index contributed by atoms with van der Waals surface area (Å²) >= 11 is 6.01. The first kappa shape index (κ1) is 13.3. The average molecular weight is 244 g/mol. The molecule has 0 amide bonds. The Morgan fingerprint density at radius 1 is 1.44 bits per heavy atom. The molecule has 0 radical (unpaired) electrons. The van der Waals surface area contributed by atoms with Gasteiger partial charge >= 0.3 is 0 Å². The van der Waals surface area contributed by atoms with Crippen LogP contribution < -0.4 is 10.1 Å². The lowest BCUT2D eigenvalue weighted by atomic mass is 10.2. The monoisotopic (exact) mass is 243 g/mol. The maximum Gasteiger partial charge on any atom is 0.147 e. The van der Waals surface area contributed by atoms with Crippen LogP contribution in [0.15, 0.2) is 18.2 Å². The van der Waals surface area contributed by atoms with Gasteiger partial charge in [-0.05, 0) is 38.5 Å². The van der Waals surface area contributed by atoms with Gasteiger partial charge in [0.15, 0.2) is 0 Å². The Bertz CT molecular complexity index is 344. The van der Waals surface area contributed by atoms with Crippen LogP contribution in [-0.4, -0.2) is 24.0 Å². The predicted octanol–water partition coefficient (Wildman–Crippen LogP) is 2.34. The fraction of sp³-hybridized carbons (Fsp3) is 0.500. The lowest BCUT2D eigenvalue weighted by Crippen LogP contribution is -2.40. The van der Waals surface area contributed by atoms with Crippen LogP contribution in [-0.2, 0) is 0 Å². The normalized spacial score (nSPS) is 14.6. The second-order valence-electron chi connectivity index (χ2n) is 3.94. The minimum Gasteiger partial charge on any atom is -0.474 e. The lowest BCUT2D eigenvalue weighted by molar-refractivity contribution is 0.144. The van der Waals surface area contributed by atoms with Crippen molar-refractivity contribution >= 4 is 11.6 Å². The molecule has 2 unspecified atom stereocenters. The Labute approximate surface area is 101 Å². The van der Waals surface area contributed by atoms with Crippen molar-refractivity contribution in [3.05, 3.63) is 28.8 Å². The minimum atomic E-state index is -0.193. The van der Waals surface area contributed by atoms with Gasteiger partial charge in [-0.15, -0.1) is 0 Å². The first-order valence-electron chi connectivity index (χ1n) is 5.32. The molecule has 0 aromatic heterocycles. The van der Waals surface area contributed by atoms with E-state index < -0.39 is 0 Å². The van der Waals surface area contributed by atoms with Crippen molar-refractivity contribution in [3.63, 3.8) is 0 Å². The Hall–Kier alpha value is -0.770. The molecule has 0 saturated carbocycles. The number of aliphatic hydroxyl groups excluding tert-OH is 1. The molecule has 16 heavy (non-hydrogen) atoms. The summed E-state index contributed by atoms with van der Waals surface area (Å²) in [6.45, 7) is 5.83. The maximum atomic E-state index is 8.90. The van der Waals surface area contributed by atoms with E-state index in [1.165, 1.54) is 0 Å². The summed E-state index contributed by atoms with van der Waals surface area (Å²) in [5.74, 6) is 0.659. The van der Waals surface area contributed by atoms with Crippen LogP contribution in [0.5, 0.6) is 5.75 Å². The smallest absolute Gasteiger partial charge is 0.147 e. The fourth-order valence-electron chi connectivity index (χ4n) is 1.38. The molecule has 90 valence electrons. The number of aryl methyl sites for hydroxylation is 1. The van der Waals surface area contributed by atoms with Gasteiger partial charge in [0.25, 0.3) is 0 Å². The number of ether oxygens (including phenoxy) is 1. The maximum absolute atomic E-state index is 8.90. The number of nitrogens with one attached hydrogen (secondary N) is 1. The summed E-state index contributed by atoms with van der Waals surface area (Å²) in [7, 11) is 0. The van der Waals surface area contributed by atoms with Crippen LogP contribution in [0, 0.1) is 6.92 Å². The van der Waals surface area contributed by atoms with E-state index in [2.05, 4.69) is 5.32 Å². The third-order valence-corrected chi connectivity index (χ3v) is 2.50. The minimum absolute atomic E-state index is 0.00131. The molecule has 0 saturated heterocycles. The lowest BCUT2D eigenvalue weighted by Gasteiger charge is -2.20. The van der Waals surface area contributed by atoms with Crippen LogP contribution in [0.3, 0.4) is 0 Å². The quantitative estimate of drug-likeness (QED) is 0.780. The Morgan fingerprint density at radius 3 is 2.75 bits per heavy atom. The van der Waals surface area contributed by atoms with Gasteiger partial charge in [-0.25, -0.2) is 0 Å². The molecule has 0 heterocycles. The van der Waals surface area contributed by atoms with E-state index in [1.807, 2.05) is 39.0 Å². The molecule has 1 aromatic rings. The van der Waals surface area contributed by atoms with Gasteiger partial charge in [-0.1, -0.05) is 17.7 Å². The number of hydrogen-bond acceptors (Lipinski definition) is 3. The molecule has 2 N–H and O–H groups in total. The van der Waals surface area contributed by atoms with Gasteiger partial charge in [-0.2, -0.15) is 0 Å². The van der Waals surface area contributed by atoms with Crippen LogP contribution in [0.25, 0.3) is 0 Å². The van der Waals surface area contributed by atoms with Crippen molar-refractivity contribution in [2.24, 2.45) is 0 Å². The highest BCUT2D eigenvalue weighted by Gasteiger charge is 2.09. The topological polar surface area (TPSA) is 41.5 Å². The highest BCUT2D eigenvalue weighted by Crippen LogP contribution is 2.25. The first-order chi connectivity index (χ1) is 7.52. The molecule has 4 heteroatoms. The number of hydrogen-bond donors (Lipinski definition) is 2. The van der Waals surface area contributed by atoms with Gasteiger partial charge in [0.2, 0.25) is 0 Å². The first-order valence-corrected chi connectivity index (χ1v) is 5.70. The van der Waals surface area contributed by atoms with Crippen LogP contribution in [0.2, 0.25) is 5.02 Å². The third-order valence-electron chi connectivity index (χ3n) is 2.18. The standard InChI is InChI=1S/C12H18ClNO2/c1-8-4-5-11(13)12(6-8)16-10(3)14-9(2)7-15/h4-6,9-10,14-15H,7H2,1-3H3. The van der Waals surface area contributed by atoms with Gasteiger partial charge in [0, 0.05) is 6.04 Å². The van der Waals surface area contributed by atoms with Crippen molar-refractivity contribution < 1.29 is 9.84 Å². The van der Waals surface area contributed by atoms with Crippen LogP contribution >= 0.6 is 11.6 Å². The van der Waals surface area contributed by atoms with Gasteiger partial charge < -0.3 is 9.84 Å². The molecular weight excluding hydrogens is 226 g/mol. The number of rotatable bonds is 5. The molecule has 0 bridgehead atoms. The van der Waals surface area contributed by atoms with E-state index in [-0.39, 0.29) is 18.9 Å². The number of benzene rings is 1. The third kappa shape index (κ3) is 4.00. The molecule has 1 aromatic carbocycles. The fourth-order valence-corrected chi connectivity index (χ4v) is 1.54. The molecule has 2 atom stereocenters. The summed E-state index contributed by atoms with van der Waals surface area (Å²) in [5.41, 5.74) is 1.10. The summed E-state index contributed by atoms with van der Waals surface area (Å²) in [6, 6.07) is 5.64. The molecule has 0 aliphatic heterocycles. The summed E-state index contributed by atoms with van der Waals surface area (Å²) in [5, 5.41) is 12.6. The van der Waals surface area contributed by atoms with E-state index in [0.717, 1.165) is 5.56 Å². The number of aliphatic hydroxyl groups is 1. The molecule has 0 aliphatic rings. The summed E-state index contributed by atoms with van der Waals surface area (Å²) in [4.78, 5) is 0. The molecule has 0 spiro atoms. The molecule has 1 rings (SSSR count). The Morgan fingerprint density at radius 2 is 2.12 bits per heavy atom. The van der Waals surface area contributed by atoms with E-state index in [0.29, 0.717) is 10.8 Å². The van der Waals surface area contributed by atoms with Gasteiger partial charge in [0.05, 0.1) is 11.6 Å². The number of halogens is 1. The Balaban J connectivity index is 2.61. The Kier molecular flexibility index (Phi) is 5.06. The van der Waals surface area contributed by atoms with Crippen LogP contribution in [0.1, 0.15) is 19.4 Å². The van der Waals surface area contributed by atoms with E-state index in [1.54, 1.807) is 0 Å². The van der Waals surface area contributed by atoms with E-state index in [9.17, 15) is 0 Å². The highest BCUT2D eigenvalue weighted by molar-refractivity contribution is 6.32. The van der Waals surface area contributed by atoms with Crippen molar-refractivity contribution in [1.82, 2.24) is 5.32 Å². The van der Waals surface area contributed by atoms with Crippen molar-refractivity contribution in [1.29, 1.82) is 0 Å².